The Morgan fingerprint density at radius 2 is 1.91 bits per heavy atom. The monoisotopic (exact) mass is 461 g/mol. The first-order valence-electron chi connectivity index (χ1n) is 11.8. The van der Waals surface area contributed by atoms with Gasteiger partial charge in [0.2, 0.25) is 0 Å². The molecular weight excluding hydrogens is 430 g/mol. The highest BCUT2D eigenvalue weighted by molar-refractivity contribution is 5.72. The van der Waals surface area contributed by atoms with Crippen molar-refractivity contribution >= 4 is 5.97 Å². The van der Waals surface area contributed by atoms with Gasteiger partial charge in [0.1, 0.15) is 5.75 Å². The largest absolute Gasteiger partial charge is 0.507 e. The summed E-state index contributed by atoms with van der Waals surface area (Å²) in [5, 5.41) is 11.0. The molecule has 1 aliphatic rings. The second-order valence-electron chi connectivity index (χ2n) is 8.71. The zero-order chi connectivity index (χ0) is 24.1. The van der Waals surface area contributed by atoms with Crippen LogP contribution < -0.4 is 5.56 Å². The van der Waals surface area contributed by atoms with Gasteiger partial charge in [0, 0.05) is 18.1 Å². The third-order valence-electron chi connectivity index (χ3n) is 6.49. The lowest BCUT2D eigenvalue weighted by Crippen LogP contribution is -2.42. The molecule has 1 N–H and O–H groups in total. The van der Waals surface area contributed by atoms with Crippen molar-refractivity contribution in [1.29, 1.82) is 0 Å². The zero-order valence-corrected chi connectivity index (χ0v) is 19.7. The van der Waals surface area contributed by atoms with Crippen molar-refractivity contribution in [3.05, 3.63) is 93.7 Å². The average molecular weight is 462 g/mol. The maximum absolute atomic E-state index is 13.8. The standard InChI is InChI=1S/C27H31N3O4/c1-3-34-27(33)21-11-14-29(15-12-21)25(22-10-7-13-28-17-22)24-23(31)16-19(2)30(26(24)32)18-20-8-5-4-6-9-20/h4-10,13,16-17,21,25,31H,3,11-12,14-15,18H2,1-2H3/t25-/m1/s1. The third-order valence-corrected chi connectivity index (χ3v) is 6.49. The van der Waals surface area contributed by atoms with E-state index in [2.05, 4.69) is 9.88 Å². The van der Waals surface area contributed by atoms with Gasteiger partial charge in [0.25, 0.3) is 5.56 Å². The number of carbonyl (C=O) groups is 1. The summed E-state index contributed by atoms with van der Waals surface area (Å²) in [5.74, 6) is -0.330. The van der Waals surface area contributed by atoms with Gasteiger partial charge >= 0.3 is 5.97 Å². The van der Waals surface area contributed by atoms with Gasteiger partial charge in [-0.15, -0.1) is 0 Å². The van der Waals surface area contributed by atoms with Crippen LogP contribution in [0.15, 0.2) is 65.7 Å². The van der Waals surface area contributed by atoms with Crippen molar-refractivity contribution < 1.29 is 14.6 Å². The van der Waals surface area contributed by atoms with Crippen LogP contribution in [0.3, 0.4) is 0 Å². The number of benzene rings is 1. The van der Waals surface area contributed by atoms with Crippen LogP contribution in [0.5, 0.6) is 5.75 Å². The second kappa shape index (κ2) is 10.7. The van der Waals surface area contributed by atoms with Gasteiger partial charge in [-0.05, 0) is 63.0 Å². The fraction of sp³-hybridized carbons (Fsp3) is 0.370. The molecule has 34 heavy (non-hydrogen) atoms. The Bertz CT molecular complexity index is 1170. The molecule has 7 nitrogen and oxygen atoms in total. The molecule has 0 radical (unpaired) electrons. The number of nitrogens with zero attached hydrogens (tertiary/aromatic N) is 3. The topological polar surface area (TPSA) is 84.7 Å². The summed E-state index contributed by atoms with van der Waals surface area (Å²) < 4.78 is 6.92. The average Bonchev–Trinajstić information content (AvgIpc) is 2.86. The van der Waals surface area contributed by atoms with Gasteiger partial charge in [0.05, 0.1) is 30.7 Å². The van der Waals surface area contributed by atoms with Gasteiger partial charge in [0.15, 0.2) is 0 Å². The second-order valence-corrected chi connectivity index (χ2v) is 8.71. The summed E-state index contributed by atoms with van der Waals surface area (Å²) in [6.07, 6.45) is 4.71. The first-order chi connectivity index (χ1) is 16.5. The fourth-order valence-corrected chi connectivity index (χ4v) is 4.74. The Morgan fingerprint density at radius 1 is 1.18 bits per heavy atom. The summed E-state index contributed by atoms with van der Waals surface area (Å²) in [5.41, 5.74) is 2.66. The number of aromatic nitrogens is 2. The number of ether oxygens (including phenoxy) is 1. The fourth-order valence-electron chi connectivity index (χ4n) is 4.74. The molecule has 0 aliphatic carbocycles. The maximum atomic E-state index is 13.8. The molecule has 1 aliphatic heterocycles. The van der Waals surface area contributed by atoms with E-state index < -0.39 is 6.04 Å². The van der Waals surface area contributed by atoms with Crippen molar-refractivity contribution in [1.82, 2.24) is 14.5 Å². The molecule has 0 bridgehead atoms. The zero-order valence-electron chi connectivity index (χ0n) is 19.7. The van der Waals surface area contributed by atoms with Crippen LogP contribution in [-0.4, -0.2) is 45.2 Å². The van der Waals surface area contributed by atoms with Crippen LogP contribution >= 0.6 is 0 Å². The highest BCUT2D eigenvalue weighted by Gasteiger charge is 2.34. The minimum atomic E-state index is -0.466. The molecule has 0 saturated carbocycles. The molecular formula is C27H31N3O4. The Balaban J connectivity index is 1.72. The van der Waals surface area contributed by atoms with Crippen LogP contribution in [-0.2, 0) is 16.1 Å². The number of carbonyl (C=O) groups excluding carboxylic acids is 1. The molecule has 0 unspecified atom stereocenters. The predicted molar refractivity (Wildman–Crippen MR) is 130 cm³/mol. The van der Waals surface area contributed by atoms with E-state index in [1.165, 1.54) is 0 Å². The first-order valence-corrected chi connectivity index (χ1v) is 11.8. The van der Waals surface area contributed by atoms with Gasteiger partial charge in [-0.3, -0.25) is 19.5 Å². The molecule has 7 heteroatoms. The predicted octanol–water partition coefficient (Wildman–Crippen LogP) is 3.67. The summed E-state index contributed by atoms with van der Waals surface area (Å²) in [6.45, 7) is 5.64. The SMILES string of the molecule is CCOC(=O)C1CCN([C@H](c2cccnc2)c2c(O)cc(C)n(Cc3ccccc3)c2=O)CC1. The lowest BCUT2D eigenvalue weighted by molar-refractivity contribution is -0.149. The lowest BCUT2D eigenvalue weighted by Gasteiger charge is -2.37. The van der Waals surface area contributed by atoms with E-state index in [0.29, 0.717) is 50.3 Å². The summed E-state index contributed by atoms with van der Waals surface area (Å²) in [4.78, 5) is 32.5. The number of hydrogen-bond donors (Lipinski definition) is 1. The van der Waals surface area contributed by atoms with Crippen molar-refractivity contribution in [2.24, 2.45) is 5.92 Å². The summed E-state index contributed by atoms with van der Waals surface area (Å²) in [6, 6.07) is 14.8. The Hall–Kier alpha value is -3.45. The van der Waals surface area contributed by atoms with E-state index >= 15 is 0 Å². The van der Waals surface area contributed by atoms with Crippen LogP contribution in [0.25, 0.3) is 0 Å². The molecule has 1 saturated heterocycles. The van der Waals surface area contributed by atoms with E-state index in [9.17, 15) is 14.7 Å². The number of aryl methyl sites for hydroxylation is 1. The quantitative estimate of drug-likeness (QED) is 0.541. The molecule has 4 rings (SSSR count). The Morgan fingerprint density at radius 3 is 2.56 bits per heavy atom. The van der Waals surface area contributed by atoms with Crippen molar-refractivity contribution in [3.63, 3.8) is 0 Å². The van der Waals surface area contributed by atoms with E-state index in [1.54, 1.807) is 23.0 Å². The number of piperidine rings is 1. The number of esters is 1. The van der Waals surface area contributed by atoms with Gasteiger partial charge in [-0.25, -0.2) is 0 Å². The Kier molecular flexibility index (Phi) is 7.43. The van der Waals surface area contributed by atoms with Crippen LogP contribution in [0.4, 0.5) is 0 Å². The third kappa shape index (κ3) is 5.04. The van der Waals surface area contributed by atoms with Crippen LogP contribution in [0, 0.1) is 12.8 Å². The number of likely N-dealkylation sites (tertiary alicyclic amines) is 1. The molecule has 3 aromatic rings. The number of rotatable bonds is 7. The molecule has 2 aromatic heterocycles. The van der Waals surface area contributed by atoms with Crippen molar-refractivity contribution in [3.8, 4) is 5.75 Å². The molecule has 1 aromatic carbocycles. The van der Waals surface area contributed by atoms with Crippen LogP contribution in [0.1, 0.15) is 48.2 Å². The van der Waals surface area contributed by atoms with Gasteiger partial charge < -0.3 is 14.4 Å². The molecule has 178 valence electrons. The van der Waals surface area contributed by atoms with E-state index in [1.807, 2.05) is 56.3 Å². The number of hydrogen-bond acceptors (Lipinski definition) is 6. The molecule has 3 heterocycles. The summed E-state index contributed by atoms with van der Waals surface area (Å²) >= 11 is 0. The molecule has 0 spiro atoms. The van der Waals surface area contributed by atoms with Gasteiger partial charge in [-0.1, -0.05) is 36.4 Å². The number of pyridine rings is 2. The minimum Gasteiger partial charge on any atom is -0.507 e. The lowest BCUT2D eigenvalue weighted by atomic mass is 9.91. The van der Waals surface area contributed by atoms with E-state index in [4.69, 9.17) is 4.74 Å². The first kappa shape index (κ1) is 23.7. The van der Waals surface area contributed by atoms with E-state index in [-0.39, 0.29) is 23.2 Å². The number of aromatic hydroxyl groups is 1. The normalized spacial score (nSPS) is 15.7. The molecule has 0 amide bonds. The summed E-state index contributed by atoms with van der Waals surface area (Å²) in [7, 11) is 0. The Labute approximate surface area is 199 Å². The molecule has 1 fully saturated rings. The van der Waals surface area contributed by atoms with Crippen LogP contribution in [0.2, 0.25) is 0 Å². The van der Waals surface area contributed by atoms with Crippen molar-refractivity contribution in [2.45, 2.75) is 39.3 Å². The van der Waals surface area contributed by atoms with Crippen molar-refractivity contribution in [2.75, 3.05) is 19.7 Å². The van der Waals surface area contributed by atoms with Gasteiger partial charge in [-0.2, -0.15) is 0 Å². The highest BCUT2D eigenvalue weighted by atomic mass is 16.5. The molecule has 1 atom stereocenters. The minimum absolute atomic E-state index is 0.0202. The highest BCUT2D eigenvalue weighted by Crippen LogP contribution is 2.35. The van der Waals surface area contributed by atoms with E-state index in [0.717, 1.165) is 11.1 Å². The maximum Gasteiger partial charge on any atom is 0.309 e. The smallest absolute Gasteiger partial charge is 0.309 e.